The van der Waals surface area contributed by atoms with Crippen molar-refractivity contribution in [1.82, 2.24) is 0 Å². The number of carbonyl (C=O) groups excluding carboxylic acids is 1. The van der Waals surface area contributed by atoms with Gasteiger partial charge >= 0.3 is 0 Å². The molecule has 0 fully saturated rings. The van der Waals surface area contributed by atoms with Crippen molar-refractivity contribution in [2.45, 2.75) is 12.8 Å². The maximum Gasteiger partial charge on any atom is 0.222 e. The Bertz CT molecular complexity index is 434. The Morgan fingerprint density at radius 1 is 1.28 bits per heavy atom. The molecule has 1 unspecified atom stereocenters. The van der Waals surface area contributed by atoms with Crippen molar-refractivity contribution < 1.29 is 14.3 Å². The Hall–Kier alpha value is -1.75. The number of hydrogen-bond donors (Lipinski definition) is 2. The highest BCUT2D eigenvalue weighted by Gasteiger charge is 2.16. The van der Waals surface area contributed by atoms with E-state index in [9.17, 15) is 4.79 Å². The number of carbonyl (C=O) groups is 1. The first-order chi connectivity index (χ1) is 8.70. The Balaban J connectivity index is 2.15. The number of nitrogens with two attached hydrogens (primary N) is 2. The van der Waals surface area contributed by atoms with Gasteiger partial charge in [-0.25, -0.2) is 0 Å². The van der Waals surface area contributed by atoms with Crippen LogP contribution < -0.4 is 20.9 Å². The molecule has 1 aromatic rings. The van der Waals surface area contributed by atoms with Crippen LogP contribution in [-0.2, 0) is 11.2 Å². The normalized spacial score (nSPS) is 15.8. The molecule has 0 saturated heterocycles. The molecule has 0 saturated carbocycles. The van der Waals surface area contributed by atoms with Gasteiger partial charge in [-0.3, -0.25) is 4.79 Å². The maximum atomic E-state index is 11.2. The Labute approximate surface area is 106 Å². The second kappa shape index (κ2) is 5.73. The van der Waals surface area contributed by atoms with E-state index in [1.165, 1.54) is 0 Å². The molecular formula is C13H18N2O3. The zero-order valence-corrected chi connectivity index (χ0v) is 10.2. The van der Waals surface area contributed by atoms with E-state index < -0.39 is 0 Å². The summed E-state index contributed by atoms with van der Waals surface area (Å²) in [6, 6.07) is 5.68. The fourth-order valence-electron chi connectivity index (χ4n) is 1.92. The van der Waals surface area contributed by atoms with Gasteiger partial charge in [0.1, 0.15) is 0 Å². The summed E-state index contributed by atoms with van der Waals surface area (Å²) in [5.74, 6) is 0.768. The quantitative estimate of drug-likeness (QED) is 0.812. The standard InChI is InChI=1S/C13H18N2O3/c14-8-10(13(15)16)6-9-2-3-11-12(7-9)18-5-1-4-17-11/h2-3,7,10H,1,4-6,8,14H2,(H2,15,16). The van der Waals surface area contributed by atoms with Crippen LogP contribution >= 0.6 is 0 Å². The Morgan fingerprint density at radius 3 is 2.67 bits per heavy atom. The van der Waals surface area contributed by atoms with Crippen molar-refractivity contribution in [3.05, 3.63) is 23.8 Å². The highest BCUT2D eigenvalue weighted by Crippen LogP contribution is 2.31. The van der Waals surface area contributed by atoms with Crippen molar-refractivity contribution in [3.63, 3.8) is 0 Å². The highest BCUT2D eigenvalue weighted by atomic mass is 16.5. The minimum atomic E-state index is -0.371. The lowest BCUT2D eigenvalue weighted by molar-refractivity contribution is -0.121. The number of rotatable bonds is 4. The molecule has 0 radical (unpaired) electrons. The second-order valence-corrected chi connectivity index (χ2v) is 4.37. The van der Waals surface area contributed by atoms with Crippen LogP contribution in [0, 0.1) is 5.92 Å². The van der Waals surface area contributed by atoms with Gasteiger partial charge in [0.25, 0.3) is 0 Å². The lowest BCUT2D eigenvalue weighted by atomic mass is 9.98. The number of benzene rings is 1. The summed E-state index contributed by atoms with van der Waals surface area (Å²) in [5, 5.41) is 0. The molecule has 0 bridgehead atoms. The molecule has 1 aliphatic heterocycles. The van der Waals surface area contributed by atoms with Gasteiger partial charge in [0.2, 0.25) is 5.91 Å². The van der Waals surface area contributed by atoms with Crippen LogP contribution in [0.25, 0.3) is 0 Å². The van der Waals surface area contributed by atoms with Gasteiger partial charge in [-0.2, -0.15) is 0 Å². The van der Waals surface area contributed by atoms with E-state index in [4.69, 9.17) is 20.9 Å². The summed E-state index contributed by atoms with van der Waals surface area (Å²) in [7, 11) is 0. The van der Waals surface area contributed by atoms with Gasteiger partial charge in [-0.1, -0.05) is 6.07 Å². The largest absolute Gasteiger partial charge is 0.490 e. The lowest BCUT2D eigenvalue weighted by Gasteiger charge is -2.13. The summed E-state index contributed by atoms with van der Waals surface area (Å²) in [6.45, 7) is 1.56. The smallest absolute Gasteiger partial charge is 0.222 e. The maximum absolute atomic E-state index is 11.2. The topological polar surface area (TPSA) is 87.6 Å². The SMILES string of the molecule is NCC(Cc1ccc2c(c1)OCCCO2)C(N)=O. The van der Waals surface area contributed by atoms with E-state index in [-0.39, 0.29) is 18.4 Å². The third-order valence-corrected chi connectivity index (χ3v) is 2.98. The van der Waals surface area contributed by atoms with Gasteiger partial charge < -0.3 is 20.9 Å². The van der Waals surface area contributed by atoms with E-state index in [1.54, 1.807) is 0 Å². The van der Waals surface area contributed by atoms with Gasteiger partial charge in [0, 0.05) is 13.0 Å². The number of ether oxygens (including phenoxy) is 2. The van der Waals surface area contributed by atoms with Gasteiger partial charge in [-0.05, 0) is 24.1 Å². The van der Waals surface area contributed by atoms with Gasteiger partial charge in [-0.15, -0.1) is 0 Å². The van der Waals surface area contributed by atoms with Crippen molar-refractivity contribution in [2.24, 2.45) is 17.4 Å². The fourth-order valence-corrected chi connectivity index (χ4v) is 1.92. The molecule has 5 heteroatoms. The van der Waals surface area contributed by atoms with Crippen molar-refractivity contribution >= 4 is 5.91 Å². The number of primary amides is 1. The predicted octanol–water partition coefficient (Wildman–Crippen LogP) is 0.451. The Kier molecular flexibility index (Phi) is 4.04. The van der Waals surface area contributed by atoms with Crippen LogP contribution in [0.5, 0.6) is 11.5 Å². The van der Waals surface area contributed by atoms with Crippen molar-refractivity contribution in [2.75, 3.05) is 19.8 Å². The molecule has 1 heterocycles. The zero-order valence-electron chi connectivity index (χ0n) is 10.2. The summed E-state index contributed by atoms with van der Waals surface area (Å²) < 4.78 is 11.1. The molecule has 2 rings (SSSR count). The molecule has 0 aliphatic carbocycles. The minimum absolute atomic E-state index is 0.254. The van der Waals surface area contributed by atoms with Crippen LogP contribution in [-0.4, -0.2) is 25.7 Å². The number of amides is 1. The first-order valence-corrected chi connectivity index (χ1v) is 6.08. The van der Waals surface area contributed by atoms with E-state index in [2.05, 4.69) is 0 Å². The van der Waals surface area contributed by atoms with Gasteiger partial charge in [0.15, 0.2) is 11.5 Å². The first-order valence-electron chi connectivity index (χ1n) is 6.08. The summed E-state index contributed by atoms with van der Waals surface area (Å²) >= 11 is 0. The molecule has 98 valence electrons. The molecule has 4 N–H and O–H groups in total. The van der Waals surface area contributed by atoms with Crippen LogP contribution in [0.15, 0.2) is 18.2 Å². The summed E-state index contributed by atoms with van der Waals surface area (Å²) in [6.07, 6.45) is 1.40. The van der Waals surface area contributed by atoms with E-state index in [0.29, 0.717) is 19.6 Å². The Morgan fingerprint density at radius 2 is 2.00 bits per heavy atom. The third-order valence-electron chi connectivity index (χ3n) is 2.98. The molecule has 5 nitrogen and oxygen atoms in total. The second-order valence-electron chi connectivity index (χ2n) is 4.37. The number of fused-ring (bicyclic) bond motifs is 1. The fraction of sp³-hybridized carbons (Fsp3) is 0.462. The molecule has 0 spiro atoms. The lowest BCUT2D eigenvalue weighted by Crippen LogP contribution is -2.31. The van der Waals surface area contributed by atoms with E-state index in [1.807, 2.05) is 18.2 Å². The predicted molar refractivity (Wildman–Crippen MR) is 67.5 cm³/mol. The van der Waals surface area contributed by atoms with Gasteiger partial charge in [0.05, 0.1) is 19.1 Å². The van der Waals surface area contributed by atoms with Crippen LogP contribution in [0.2, 0.25) is 0 Å². The average molecular weight is 250 g/mol. The molecule has 18 heavy (non-hydrogen) atoms. The number of hydrogen-bond acceptors (Lipinski definition) is 4. The van der Waals surface area contributed by atoms with Crippen LogP contribution in [0.3, 0.4) is 0 Å². The average Bonchev–Trinajstić information content (AvgIpc) is 2.60. The monoisotopic (exact) mass is 250 g/mol. The van der Waals surface area contributed by atoms with Crippen molar-refractivity contribution in [1.29, 1.82) is 0 Å². The van der Waals surface area contributed by atoms with Crippen molar-refractivity contribution in [3.8, 4) is 11.5 Å². The van der Waals surface area contributed by atoms with Crippen LogP contribution in [0.4, 0.5) is 0 Å². The third kappa shape index (κ3) is 2.92. The summed E-state index contributed by atoms with van der Waals surface area (Å²) in [5.41, 5.74) is 11.8. The summed E-state index contributed by atoms with van der Waals surface area (Å²) in [4.78, 5) is 11.2. The van der Waals surface area contributed by atoms with E-state index in [0.717, 1.165) is 23.5 Å². The first kappa shape index (κ1) is 12.7. The van der Waals surface area contributed by atoms with Crippen LogP contribution in [0.1, 0.15) is 12.0 Å². The highest BCUT2D eigenvalue weighted by molar-refractivity contribution is 5.77. The molecule has 1 amide bonds. The minimum Gasteiger partial charge on any atom is -0.490 e. The van der Waals surface area contributed by atoms with E-state index >= 15 is 0 Å². The molecule has 1 aliphatic rings. The molecule has 0 aromatic heterocycles. The molecule has 1 aromatic carbocycles. The molecular weight excluding hydrogens is 232 g/mol. The molecule has 1 atom stereocenters. The zero-order chi connectivity index (χ0) is 13.0.